The summed E-state index contributed by atoms with van der Waals surface area (Å²) in [5.41, 5.74) is 4.83. The molecule has 1 aromatic heterocycles. The molecule has 1 atom stereocenters. The average molecular weight is 529 g/mol. The number of carbonyl (C=O) groups excluding carboxylic acids is 2. The van der Waals surface area contributed by atoms with E-state index in [9.17, 15) is 9.59 Å². The zero-order valence-electron chi connectivity index (χ0n) is 19.2. The number of carbonyl (C=O) groups is 2. The molecular formula is C24H22Cl2N6O2S. The maximum absolute atomic E-state index is 12.5. The Hall–Kier alpha value is -3.14. The summed E-state index contributed by atoms with van der Waals surface area (Å²) in [6.45, 7) is 5.72. The third-order valence-corrected chi connectivity index (χ3v) is 6.95. The highest BCUT2D eigenvalue weighted by molar-refractivity contribution is 8.15. The van der Waals surface area contributed by atoms with Crippen LogP contribution in [0.2, 0.25) is 10.2 Å². The summed E-state index contributed by atoms with van der Waals surface area (Å²) in [6.07, 6.45) is 1.50. The number of aromatic nitrogens is 2. The molecule has 2 aromatic carbocycles. The fraction of sp³-hybridized carbons (Fsp3) is 0.208. The Bertz CT molecular complexity index is 1350. The van der Waals surface area contributed by atoms with E-state index in [1.165, 1.54) is 6.21 Å². The number of nitrogens with zero attached hydrogens (tertiary/aromatic N) is 4. The first-order chi connectivity index (χ1) is 16.7. The van der Waals surface area contributed by atoms with Gasteiger partial charge in [0.05, 0.1) is 23.2 Å². The summed E-state index contributed by atoms with van der Waals surface area (Å²) in [5.74, 6) is -0.532. The highest BCUT2D eigenvalue weighted by atomic mass is 35.5. The van der Waals surface area contributed by atoms with Crippen LogP contribution in [0.3, 0.4) is 0 Å². The van der Waals surface area contributed by atoms with Gasteiger partial charge < -0.3 is 10.6 Å². The third kappa shape index (κ3) is 5.93. The Kier molecular flexibility index (Phi) is 7.59. The second kappa shape index (κ2) is 10.6. The number of rotatable bonds is 6. The second-order valence-corrected chi connectivity index (χ2v) is 9.98. The van der Waals surface area contributed by atoms with Gasteiger partial charge in [0, 0.05) is 17.1 Å². The maximum atomic E-state index is 12.5. The van der Waals surface area contributed by atoms with Crippen molar-refractivity contribution in [3.63, 3.8) is 0 Å². The van der Waals surface area contributed by atoms with Crippen molar-refractivity contribution in [3.05, 3.63) is 75.0 Å². The lowest BCUT2D eigenvalue weighted by molar-refractivity contribution is -0.122. The molecule has 1 aliphatic heterocycles. The molecule has 2 amide bonds. The van der Waals surface area contributed by atoms with E-state index in [1.807, 2.05) is 51.1 Å². The lowest BCUT2D eigenvalue weighted by Gasteiger charge is -2.10. The number of benzene rings is 2. The van der Waals surface area contributed by atoms with Crippen LogP contribution in [-0.4, -0.2) is 38.2 Å². The molecule has 1 fully saturated rings. The van der Waals surface area contributed by atoms with E-state index in [1.54, 1.807) is 16.8 Å². The molecule has 180 valence electrons. The molecule has 1 saturated heterocycles. The Morgan fingerprint density at radius 2 is 1.94 bits per heavy atom. The van der Waals surface area contributed by atoms with Crippen molar-refractivity contribution >= 4 is 63.8 Å². The molecule has 3 aromatic rings. The molecule has 0 saturated carbocycles. The smallest absolute Gasteiger partial charge is 0.240 e. The number of aryl methyl sites for hydroxylation is 3. The largest absolute Gasteiger partial charge is 0.326 e. The quantitative estimate of drug-likeness (QED) is 0.345. The van der Waals surface area contributed by atoms with E-state index in [0.29, 0.717) is 26.6 Å². The van der Waals surface area contributed by atoms with Crippen LogP contribution in [0.4, 0.5) is 5.69 Å². The summed E-state index contributed by atoms with van der Waals surface area (Å²) in [7, 11) is 0. The van der Waals surface area contributed by atoms with E-state index in [0.717, 1.165) is 34.3 Å². The Morgan fingerprint density at radius 3 is 2.66 bits per heavy atom. The lowest BCUT2D eigenvalue weighted by Crippen LogP contribution is -2.28. The van der Waals surface area contributed by atoms with Crippen molar-refractivity contribution in [2.24, 2.45) is 10.2 Å². The van der Waals surface area contributed by atoms with Crippen LogP contribution in [0.25, 0.3) is 5.69 Å². The number of anilines is 1. The van der Waals surface area contributed by atoms with Crippen LogP contribution in [0, 0.1) is 20.8 Å². The Morgan fingerprint density at radius 1 is 1.20 bits per heavy atom. The van der Waals surface area contributed by atoms with Crippen molar-refractivity contribution in [1.29, 1.82) is 0 Å². The minimum atomic E-state index is -0.590. The van der Waals surface area contributed by atoms with Crippen molar-refractivity contribution < 1.29 is 9.59 Å². The molecule has 4 rings (SSSR count). The van der Waals surface area contributed by atoms with Gasteiger partial charge in [-0.25, -0.2) is 4.68 Å². The molecule has 1 unspecified atom stereocenters. The summed E-state index contributed by atoms with van der Waals surface area (Å²) < 4.78 is 1.58. The summed E-state index contributed by atoms with van der Waals surface area (Å²) in [6, 6.07) is 12.9. The van der Waals surface area contributed by atoms with Gasteiger partial charge in [-0.3, -0.25) is 9.59 Å². The van der Waals surface area contributed by atoms with Gasteiger partial charge in [-0.05, 0) is 56.7 Å². The zero-order chi connectivity index (χ0) is 25.1. The standard InChI is InChI=1S/C24H22Cl2N6O2S/c1-13-4-9-19(14(2)10-13)28-21(33)11-20-23(34)29-24(35-20)30-27-12-18-15(3)31-32(22(18)26)17-7-5-16(25)6-8-17/h4-10,12,20H,11H2,1-3H3,(H,28,33)(H,29,30,34). The molecule has 0 spiro atoms. The number of thioether (sulfide) groups is 1. The minimum Gasteiger partial charge on any atom is -0.326 e. The first-order valence-corrected chi connectivity index (χ1v) is 12.3. The summed E-state index contributed by atoms with van der Waals surface area (Å²) >= 11 is 13.6. The van der Waals surface area contributed by atoms with Crippen LogP contribution < -0.4 is 10.6 Å². The van der Waals surface area contributed by atoms with E-state index in [4.69, 9.17) is 23.2 Å². The van der Waals surface area contributed by atoms with Crippen LogP contribution >= 0.6 is 35.0 Å². The van der Waals surface area contributed by atoms with Crippen molar-refractivity contribution in [1.82, 2.24) is 15.1 Å². The zero-order valence-corrected chi connectivity index (χ0v) is 21.5. The van der Waals surface area contributed by atoms with Crippen LogP contribution in [0.5, 0.6) is 0 Å². The molecule has 0 radical (unpaired) electrons. The monoisotopic (exact) mass is 528 g/mol. The van der Waals surface area contributed by atoms with Crippen LogP contribution in [-0.2, 0) is 9.59 Å². The normalized spacial score (nSPS) is 16.8. The maximum Gasteiger partial charge on any atom is 0.240 e. The van der Waals surface area contributed by atoms with Gasteiger partial charge in [0.1, 0.15) is 10.4 Å². The minimum absolute atomic E-state index is 0.0192. The lowest BCUT2D eigenvalue weighted by atomic mass is 10.1. The Labute approximate surface area is 216 Å². The third-order valence-electron chi connectivity index (χ3n) is 5.26. The van der Waals surface area contributed by atoms with Gasteiger partial charge in [-0.15, -0.1) is 5.10 Å². The SMILES string of the molecule is Cc1ccc(NC(=O)CC2SC(=NN=Cc3c(C)nn(-c4ccc(Cl)cc4)c3Cl)NC2=O)c(C)c1. The highest BCUT2D eigenvalue weighted by Gasteiger charge is 2.32. The van der Waals surface area contributed by atoms with Crippen molar-refractivity contribution in [3.8, 4) is 5.69 Å². The van der Waals surface area contributed by atoms with Crippen molar-refractivity contribution in [2.75, 3.05) is 5.32 Å². The molecule has 8 nitrogen and oxygen atoms in total. The molecule has 2 N–H and O–H groups in total. The van der Waals surface area contributed by atoms with Gasteiger partial charge in [-0.2, -0.15) is 10.2 Å². The van der Waals surface area contributed by atoms with E-state index in [-0.39, 0.29) is 18.2 Å². The molecular weight excluding hydrogens is 507 g/mol. The molecule has 0 bridgehead atoms. The Balaban J connectivity index is 1.40. The van der Waals surface area contributed by atoms with Gasteiger partial charge in [-0.1, -0.05) is 52.7 Å². The summed E-state index contributed by atoms with van der Waals surface area (Å²) in [4.78, 5) is 24.8. The average Bonchev–Trinajstić information content (AvgIpc) is 3.29. The first kappa shape index (κ1) is 25.0. The van der Waals surface area contributed by atoms with E-state index >= 15 is 0 Å². The van der Waals surface area contributed by atoms with Gasteiger partial charge in [0.25, 0.3) is 0 Å². The number of halogens is 2. The van der Waals surface area contributed by atoms with Gasteiger partial charge in [0.2, 0.25) is 11.8 Å². The molecule has 2 heterocycles. The number of hydrogen-bond donors (Lipinski definition) is 2. The number of nitrogens with one attached hydrogen (secondary N) is 2. The van der Waals surface area contributed by atoms with E-state index < -0.39 is 5.25 Å². The van der Waals surface area contributed by atoms with Crippen LogP contribution in [0.1, 0.15) is 28.8 Å². The number of amides is 2. The number of hydrogen-bond acceptors (Lipinski definition) is 6. The molecule has 35 heavy (non-hydrogen) atoms. The van der Waals surface area contributed by atoms with Crippen LogP contribution in [0.15, 0.2) is 52.7 Å². The van der Waals surface area contributed by atoms with Gasteiger partial charge in [0.15, 0.2) is 5.17 Å². The summed E-state index contributed by atoms with van der Waals surface area (Å²) in [5, 5.41) is 18.8. The topological polar surface area (TPSA) is 101 Å². The predicted octanol–water partition coefficient (Wildman–Crippen LogP) is 5.05. The number of amidine groups is 1. The fourth-order valence-electron chi connectivity index (χ4n) is 3.46. The highest BCUT2D eigenvalue weighted by Crippen LogP contribution is 2.25. The first-order valence-electron chi connectivity index (χ1n) is 10.7. The second-order valence-electron chi connectivity index (χ2n) is 7.99. The fourth-order valence-corrected chi connectivity index (χ4v) is 4.83. The van der Waals surface area contributed by atoms with Crippen molar-refractivity contribution in [2.45, 2.75) is 32.4 Å². The van der Waals surface area contributed by atoms with Gasteiger partial charge >= 0.3 is 0 Å². The predicted molar refractivity (Wildman–Crippen MR) is 142 cm³/mol. The van der Waals surface area contributed by atoms with E-state index in [2.05, 4.69) is 25.9 Å². The molecule has 1 aliphatic rings. The molecule has 0 aliphatic carbocycles. The molecule has 11 heteroatoms.